The van der Waals surface area contributed by atoms with E-state index in [1.807, 2.05) is 6.07 Å². The van der Waals surface area contributed by atoms with Crippen molar-refractivity contribution in [2.45, 2.75) is 105 Å². The van der Waals surface area contributed by atoms with Crippen LogP contribution in [0.5, 0.6) is 0 Å². The fraction of sp³-hybridized carbons (Fsp3) is 0.276. The Bertz CT molecular complexity index is 2540. The molecule has 0 nitrogen and oxygen atoms in total. The first kappa shape index (κ1) is 47.7. The summed E-state index contributed by atoms with van der Waals surface area (Å²) in [7, 11) is 10.7. The molecule has 2 radical (unpaired) electrons. The molecule has 0 fully saturated rings. The van der Waals surface area contributed by atoms with Gasteiger partial charge in [-0.25, -0.2) is 0 Å². The van der Waals surface area contributed by atoms with Gasteiger partial charge in [0.15, 0.2) is 0 Å². The van der Waals surface area contributed by atoms with Crippen molar-refractivity contribution in [3.8, 4) is 33.4 Å². The number of rotatable bonds is 2. The monoisotopic (exact) mass is 945 g/mol. The molecule has 0 saturated carbocycles. The van der Waals surface area contributed by atoms with Crippen molar-refractivity contribution in [3.05, 3.63) is 180 Å². The van der Waals surface area contributed by atoms with Gasteiger partial charge in [0.05, 0.1) is 9.52 Å². The average Bonchev–Trinajstić information content (AvgIpc) is 3.97. The van der Waals surface area contributed by atoms with E-state index in [2.05, 4.69) is 235 Å². The Kier molecular flexibility index (Phi) is 15.0. The molecule has 0 amide bonds. The van der Waals surface area contributed by atoms with E-state index >= 15 is 0 Å². The molecule has 8 aromatic carbocycles. The van der Waals surface area contributed by atoms with E-state index in [0.29, 0.717) is 0 Å². The molecule has 0 aliphatic carbocycles. The predicted octanol–water partition coefficient (Wildman–Crippen LogP) is 16.1. The zero-order valence-electron chi connectivity index (χ0n) is 38.7. The molecule has 1 aliphatic heterocycles. The molecule has 1 heterocycles. The van der Waals surface area contributed by atoms with Crippen molar-refractivity contribution in [2.75, 3.05) is 0 Å². The minimum Gasteiger partial charge on any atom is -0.184 e. The quantitative estimate of drug-likeness (QED) is 0.120. The van der Waals surface area contributed by atoms with Gasteiger partial charge in [-0.05, 0) is 32.8 Å². The summed E-state index contributed by atoms with van der Waals surface area (Å²) in [5.41, 5.74) is 14.4. The Labute approximate surface area is 394 Å². The smallest absolute Gasteiger partial charge is 0.0920 e. The van der Waals surface area contributed by atoms with Crippen molar-refractivity contribution in [2.24, 2.45) is 0 Å². The molecule has 0 N–H and O–H groups in total. The Morgan fingerprint density at radius 3 is 1.29 bits per heavy atom. The van der Waals surface area contributed by atoms with Gasteiger partial charge < -0.3 is 0 Å². The van der Waals surface area contributed by atoms with Gasteiger partial charge in [-0.15, -0.1) is 74.6 Å². The fourth-order valence-electron chi connectivity index (χ4n) is 8.24. The Morgan fingerprint density at radius 2 is 0.871 bits per heavy atom. The van der Waals surface area contributed by atoms with Crippen LogP contribution in [0.25, 0.3) is 54.9 Å². The molecule has 0 unspecified atom stereocenters. The first-order chi connectivity index (χ1) is 29.2. The SMILES string of the molecule is CC(C)(C)c1cc2c(-c3ccccc3)c(C(C)(C)C)ccc2[cH-]1.CC(C)(C)c1cc2c(-c3ccccc3)c(C(C)(C)C)ccc2[cH-]1.[Cl][Zr][Cl].[c-]1cccc2c1[Si]c1ccccc1-2. The molecule has 1 aliphatic rings. The van der Waals surface area contributed by atoms with Gasteiger partial charge in [0.25, 0.3) is 0 Å². The number of benzene rings is 6. The summed E-state index contributed by atoms with van der Waals surface area (Å²) in [6.07, 6.45) is 0. The molecule has 8 aromatic rings. The number of fused-ring (bicyclic) bond motifs is 5. The summed E-state index contributed by atoms with van der Waals surface area (Å²) in [5.74, 6) is 0. The van der Waals surface area contributed by atoms with E-state index in [9.17, 15) is 0 Å². The zero-order valence-corrected chi connectivity index (χ0v) is 43.7. The predicted molar refractivity (Wildman–Crippen MR) is 272 cm³/mol. The maximum Gasteiger partial charge on any atom is 0.0920 e. The van der Waals surface area contributed by atoms with Crippen molar-refractivity contribution in [1.29, 1.82) is 0 Å². The van der Waals surface area contributed by atoms with Crippen LogP contribution in [0.2, 0.25) is 0 Å². The summed E-state index contributed by atoms with van der Waals surface area (Å²) >= 11 is -0.826. The van der Waals surface area contributed by atoms with E-state index in [0.717, 1.165) is 9.52 Å². The van der Waals surface area contributed by atoms with Crippen LogP contribution in [-0.2, 0) is 42.5 Å². The normalized spacial score (nSPS) is 12.3. The number of halogens is 2. The Morgan fingerprint density at radius 1 is 0.468 bits per heavy atom. The second-order valence-corrected chi connectivity index (χ2v) is 25.4. The van der Waals surface area contributed by atoms with Crippen LogP contribution in [0, 0.1) is 6.07 Å². The van der Waals surface area contributed by atoms with Crippen LogP contribution in [0.4, 0.5) is 0 Å². The van der Waals surface area contributed by atoms with Crippen LogP contribution in [-0.4, -0.2) is 9.52 Å². The van der Waals surface area contributed by atoms with Crippen LogP contribution >= 0.6 is 17.0 Å². The summed E-state index contributed by atoms with van der Waals surface area (Å²) in [5, 5.41) is 8.29. The van der Waals surface area contributed by atoms with Crippen LogP contribution in [0.1, 0.15) is 105 Å². The zero-order chi connectivity index (χ0) is 45.0. The summed E-state index contributed by atoms with van der Waals surface area (Å²) < 4.78 is 0. The largest absolute Gasteiger partial charge is 0.184 e. The minimum atomic E-state index is -0.826. The van der Waals surface area contributed by atoms with Gasteiger partial charge in [0.2, 0.25) is 0 Å². The molecule has 0 aromatic heterocycles. The third-order valence-corrected chi connectivity index (χ3v) is 13.0. The molecule has 0 atom stereocenters. The second-order valence-electron chi connectivity index (χ2n) is 20.4. The maximum atomic E-state index is 4.93. The molecule has 0 spiro atoms. The van der Waals surface area contributed by atoms with E-state index < -0.39 is 20.8 Å². The van der Waals surface area contributed by atoms with Crippen molar-refractivity contribution < 1.29 is 20.8 Å². The Balaban J connectivity index is 0.000000155. The Hall–Kier alpha value is -3.78. The standard InChI is InChI=1S/2C23H27.C12H7Si.2ClH.Zr/c2*1-22(2,3)18-14-17-12-13-20(23(4,5)6)21(19(17)15-18)16-10-8-7-9-11-16;1-3-7-11-9(5-1)10-6-2-4-8-12(10)13-11;;;/h2*7-15H,1-6H3;1-7H;2*1H;/q3*-1;;;+2/p-2. The van der Waals surface area contributed by atoms with Crippen molar-refractivity contribution in [3.63, 3.8) is 0 Å². The van der Waals surface area contributed by atoms with Gasteiger partial charge in [0.1, 0.15) is 0 Å². The summed E-state index contributed by atoms with van der Waals surface area (Å²) in [4.78, 5) is 0. The van der Waals surface area contributed by atoms with E-state index in [-0.39, 0.29) is 21.7 Å². The average molecular weight is 948 g/mol. The summed E-state index contributed by atoms with van der Waals surface area (Å²) in [6.45, 7) is 27.5. The first-order valence-corrected chi connectivity index (χ1v) is 29.0. The van der Waals surface area contributed by atoms with E-state index in [1.54, 1.807) is 0 Å². The van der Waals surface area contributed by atoms with Gasteiger partial charge in [-0.2, -0.15) is 41.6 Å². The molecule has 4 heteroatoms. The molecule has 318 valence electrons. The van der Waals surface area contributed by atoms with Gasteiger partial charge in [-0.3, -0.25) is 0 Å². The molecular weight excluding hydrogens is 887 g/mol. The fourth-order valence-corrected chi connectivity index (χ4v) is 9.55. The topological polar surface area (TPSA) is 0 Å². The van der Waals surface area contributed by atoms with Crippen molar-refractivity contribution in [1.82, 2.24) is 0 Å². The van der Waals surface area contributed by atoms with E-state index in [1.165, 1.54) is 87.6 Å². The van der Waals surface area contributed by atoms with Gasteiger partial charge >= 0.3 is 37.9 Å². The van der Waals surface area contributed by atoms with Gasteiger partial charge in [0, 0.05) is 0 Å². The third kappa shape index (κ3) is 11.1. The van der Waals surface area contributed by atoms with Crippen LogP contribution < -0.4 is 10.4 Å². The molecule has 0 bridgehead atoms. The first-order valence-electron chi connectivity index (χ1n) is 21.7. The molecular formula is C58H61Cl2SiZr-3. The van der Waals surface area contributed by atoms with Crippen molar-refractivity contribution >= 4 is 58.5 Å². The van der Waals surface area contributed by atoms with E-state index in [4.69, 9.17) is 17.0 Å². The summed E-state index contributed by atoms with van der Waals surface area (Å²) in [6, 6.07) is 58.5. The number of hydrogen-bond acceptors (Lipinski definition) is 0. The molecule has 0 saturated heterocycles. The molecule has 62 heavy (non-hydrogen) atoms. The second kappa shape index (κ2) is 19.5. The maximum absolute atomic E-state index is 4.93. The molecule has 9 rings (SSSR count). The van der Waals surface area contributed by atoms with Gasteiger partial charge in [-0.1, -0.05) is 201 Å². The van der Waals surface area contributed by atoms with Crippen LogP contribution in [0.15, 0.2) is 152 Å². The third-order valence-electron chi connectivity index (χ3n) is 11.6. The minimum absolute atomic E-state index is 0.124. The van der Waals surface area contributed by atoms with Crippen LogP contribution in [0.3, 0.4) is 0 Å². The number of hydrogen-bond donors (Lipinski definition) is 0.